The van der Waals surface area contributed by atoms with Gasteiger partial charge in [0.25, 0.3) is 0 Å². The van der Waals surface area contributed by atoms with E-state index in [1.165, 1.54) is 11.3 Å². The molecule has 0 amide bonds. The van der Waals surface area contributed by atoms with Gasteiger partial charge in [-0.2, -0.15) is 0 Å². The van der Waals surface area contributed by atoms with Crippen LogP contribution in [0, 0.1) is 0 Å². The second-order valence-corrected chi connectivity index (χ2v) is 5.54. The van der Waals surface area contributed by atoms with Gasteiger partial charge in [-0.1, -0.05) is 0 Å². The third kappa shape index (κ3) is 1.58. The van der Waals surface area contributed by atoms with Crippen molar-refractivity contribution >= 4 is 11.2 Å². The lowest BCUT2D eigenvalue weighted by Crippen LogP contribution is -2.45. The van der Waals surface area contributed by atoms with Crippen molar-refractivity contribution in [1.82, 2.24) is 19.9 Å². The van der Waals surface area contributed by atoms with Crippen LogP contribution in [0.25, 0.3) is 11.2 Å². The molecule has 18 heavy (non-hydrogen) atoms. The highest BCUT2D eigenvalue weighted by Crippen LogP contribution is 2.33. The van der Waals surface area contributed by atoms with Crippen LogP contribution in [0.5, 0.6) is 5.88 Å². The van der Waals surface area contributed by atoms with Crippen LogP contribution in [0.3, 0.4) is 0 Å². The summed E-state index contributed by atoms with van der Waals surface area (Å²) in [5.41, 5.74) is 4.45. The molecule has 0 aliphatic carbocycles. The van der Waals surface area contributed by atoms with Crippen molar-refractivity contribution in [3.8, 4) is 5.88 Å². The first kappa shape index (κ1) is 11.5. The Kier molecular flexibility index (Phi) is 2.35. The molecule has 0 saturated carbocycles. The molecule has 0 radical (unpaired) electrons. The van der Waals surface area contributed by atoms with E-state index in [0.29, 0.717) is 5.88 Å². The molecule has 3 rings (SSSR count). The second kappa shape index (κ2) is 3.68. The number of ether oxygens (including phenoxy) is 1. The van der Waals surface area contributed by atoms with Crippen molar-refractivity contribution < 1.29 is 4.74 Å². The average molecular weight is 246 g/mol. The van der Waals surface area contributed by atoms with Crippen LogP contribution in [0.1, 0.15) is 25.1 Å². The summed E-state index contributed by atoms with van der Waals surface area (Å²) in [7, 11) is 3.77. The molecule has 0 fully saturated rings. The predicted molar refractivity (Wildman–Crippen MR) is 69.7 cm³/mol. The molecule has 0 atom stereocenters. The number of nitrogens with one attached hydrogen (secondary N) is 1. The standard InChI is InChI=1S/C13H18N4O/c1-13(2)5-8-9(7-17(13)3)15-12-11(8)16-10(18-4)6-14-12/h6H,5,7H2,1-4H3,(H,14,15). The Morgan fingerprint density at radius 1 is 1.44 bits per heavy atom. The summed E-state index contributed by atoms with van der Waals surface area (Å²) in [6, 6.07) is 0. The lowest BCUT2D eigenvalue weighted by molar-refractivity contribution is 0.132. The Morgan fingerprint density at radius 2 is 2.22 bits per heavy atom. The highest BCUT2D eigenvalue weighted by atomic mass is 16.5. The zero-order valence-corrected chi connectivity index (χ0v) is 11.2. The summed E-state index contributed by atoms with van der Waals surface area (Å²) >= 11 is 0. The summed E-state index contributed by atoms with van der Waals surface area (Å²) in [6.07, 6.45) is 2.62. The zero-order valence-electron chi connectivity index (χ0n) is 11.2. The largest absolute Gasteiger partial charge is 0.480 e. The fourth-order valence-corrected chi connectivity index (χ4v) is 2.48. The molecule has 2 aromatic heterocycles. The van der Waals surface area contributed by atoms with E-state index in [2.05, 4.69) is 40.7 Å². The van der Waals surface area contributed by atoms with Crippen molar-refractivity contribution in [2.75, 3.05) is 14.2 Å². The lowest BCUT2D eigenvalue weighted by atomic mass is 9.89. The van der Waals surface area contributed by atoms with Gasteiger partial charge in [-0.05, 0) is 27.3 Å². The Balaban J connectivity index is 2.18. The molecule has 3 heterocycles. The second-order valence-electron chi connectivity index (χ2n) is 5.54. The normalized spacial score (nSPS) is 18.9. The Morgan fingerprint density at radius 3 is 2.94 bits per heavy atom. The van der Waals surface area contributed by atoms with Crippen molar-refractivity contribution in [2.24, 2.45) is 0 Å². The van der Waals surface area contributed by atoms with Gasteiger partial charge in [-0.25, -0.2) is 9.97 Å². The number of hydrogen-bond donors (Lipinski definition) is 1. The first-order valence-electron chi connectivity index (χ1n) is 6.13. The van der Waals surface area contributed by atoms with Gasteiger partial charge in [-0.3, -0.25) is 4.90 Å². The average Bonchev–Trinajstić information content (AvgIpc) is 2.66. The van der Waals surface area contributed by atoms with Crippen LogP contribution < -0.4 is 4.74 Å². The first-order chi connectivity index (χ1) is 8.51. The minimum atomic E-state index is 0.146. The van der Waals surface area contributed by atoms with Crippen molar-refractivity contribution in [3.05, 3.63) is 17.5 Å². The predicted octanol–water partition coefficient (Wildman–Crippen LogP) is 1.73. The topological polar surface area (TPSA) is 54.0 Å². The minimum Gasteiger partial charge on any atom is -0.480 e. The SMILES string of the molecule is COc1cnc2[nH]c3c(c2n1)CC(C)(C)N(C)C3. The molecule has 0 spiro atoms. The third-order valence-corrected chi connectivity index (χ3v) is 3.92. The summed E-state index contributed by atoms with van der Waals surface area (Å²) in [6.45, 7) is 5.41. The van der Waals surface area contributed by atoms with Crippen LogP contribution in [0.2, 0.25) is 0 Å². The molecule has 2 aromatic rings. The van der Waals surface area contributed by atoms with Gasteiger partial charge < -0.3 is 9.72 Å². The lowest BCUT2D eigenvalue weighted by Gasteiger charge is -2.39. The van der Waals surface area contributed by atoms with E-state index in [-0.39, 0.29) is 5.54 Å². The monoisotopic (exact) mass is 246 g/mol. The third-order valence-electron chi connectivity index (χ3n) is 3.92. The van der Waals surface area contributed by atoms with Crippen molar-refractivity contribution in [2.45, 2.75) is 32.4 Å². The summed E-state index contributed by atoms with van der Waals surface area (Å²) in [4.78, 5) is 14.6. The maximum Gasteiger partial charge on any atom is 0.232 e. The molecule has 1 aliphatic heterocycles. The van der Waals surface area contributed by atoms with Crippen molar-refractivity contribution in [1.29, 1.82) is 0 Å². The number of H-pyrrole nitrogens is 1. The number of rotatable bonds is 1. The molecular formula is C13H18N4O. The van der Waals surface area contributed by atoms with Crippen LogP contribution in [0.4, 0.5) is 0 Å². The first-order valence-corrected chi connectivity index (χ1v) is 6.13. The van der Waals surface area contributed by atoms with E-state index in [1.807, 2.05) is 0 Å². The smallest absolute Gasteiger partial charge is 0.232 e. The number of aromatic amines is 1. The van der Waals surface area contributed by atoms with Gasteiger partial charge in [0, 0.05) is 23.3 Å². The molecule has 1 N–H and O–H groups in total. The summed E-state index contributed by atoms with van der Waals surface area (Å²) in [5, 5.41) is 0. The van der Waals surface area contributed by atoms with Gasteiger partial charge >= 0.3 is 0 Å². The Hall–Kier alpha value is -1.62. The Bertz CT molecular complexity index is 602. The number of methoxy groups -OCH3 is 1. The molecule has 96 valence electrons. The van der Waals surface area contributed by atoms with Crippen LogP contribution in [-0.2, 0) is 13.0 Å². The van der Waals surface area contributed by atoms with E-state index in [9.17, 15) is 0 Å². The van der Waals surface area contributed by atoms with Gasteiger partial charge in [0.15, 0.2) is 5.65 Å². The fourth-order valence-electron chi connectivity index (χ4n) is 2.48. The number of likely N-dealkylation sites (N-methyl/N-ethyl adjacent to an activating group) is 1. The highest BCUT2D eigenvalue weighted by molar-refractivity contribution is 5.77. The van der Waals surface area contributed by atoms with Crippen LogP contribution in [-0.4, -0.2) is 39.5 Å². The molecule has 5 nitrogen and oxygen atoms in total. The molecule has 0 bridgehead atoms. The van der Waals surface area contributed by atoms with E-state index >= 15 is 0 Å². The van der Waals surface area contributed by atoms with E-state index in [0.717, 1.165) is 24.1 Å². The number of nitrogens with zero attached hydrogens (tertiary/aromatic N) is 3. The zero-order chi connectivity index (χ0) is 12.9. The van der Waals surface area contributed by atoms with Gasteiger partial charge in [0.05, 0.1) is 13.3 Å². The quantitative estimate of drug-likeness (QED) is 0.832. The fraction of sp³-hybridized carbons (Fsp3) is 0.538. The van der Waals surface area contributed by atoms with Crippen LogP contribution in [0.15, 0.2) is 6.20 Å². The molecule has 0 unspecified atom stereocenters. The highest BCUT2D eigenvalue weighted by Gasteiger charge is 2.33. The van der Waals surface area contributed by atoms with Crippen LogP contribution >= 0.6 is 0 Å². The molecular weight excluding hydrogens is 228 g/mol. The number of fused-ring (bicyclic) bond motifs is 3. The number of aromatic nitrogens is 3. The number of hydrogen-bond acceptors (Lipinski definition) is 4. The van der Waals surface area contributed by atoms with E-state index in [4.69, 9.17) is 4.74 Å². The van der Waals surface area contributed by atoms with Gasteiger partial charge in [0.2, 0.25) is 5.88 Å². The summed E-state index contributed by atoms with van der Waals surface area (Å²) < 4.78 is 5.16. The minimum absolute atomic E-state index is 0.146. The summed E-state index contributed by atoms with van der Waals surface area (Å²) in [5.74, 6) is 0.570. The van der Waals surface area contributed by atoms with Crippen molar-refractivity contribution in [3.63, 3.8) is 0 Å². The molecule has 0 aromatic carbocycles. The van der Waals surface area contributed by atoms with E-state index in [1.54, 1.807) is 13.3 Å². The maximum absolute atomic E-state index is 5.16. The molecule has 0 saturated heterocycles. The molecule has 5 heteroatoms. The van der Waals surface area contributed by atoms with Gasteiger partial charge in [0.1, 0.15) is 5.52 Å². The van der Waals surface area contributed by atoms with E-state index < -0.39 is 0 Å². The Labute approximate surface area is 106 Å². The molecule has 1 aliphatic rings. The van der Waals surface area contributed by atoms with Gasteiger partial charge in [-0.15, -0.1) is 0 Å². The maximum atomic E-state index is 5.16.